The molecule has 0 saturated carbocycles. The molecule has 0 amide bonds. The van der Waals surface area contributed by atoms with Crippen molar-refractivity contribution in [2.75, 3.05) is 0 Å². The second-order valence-corrected chi connectivity index (χ2v) is 12.0. The molecule has 8 nitrogen and oxygen atoms in total. The van der Waals surface area contributed by atoms with Crippen LogP contribution in [0.25, 0.3) is 0 Å². The Labute approximate surface area is 234 Å². The second-order valence-electron chi connectivity index (χ2n) is 11.0. The van der Waals surface area contributed by atoms with Gasteiger partial charge in [0.25, 0.3) is 0 Å². The molecule has 9 heteroatoms. The first-order valence-electron chi connectivity index (χ1n) is 13.4. The lowest BCUT2D eigenvalue weighted by Crippen LogP contribution is -2.16. The molecule has 4 aromatic rings. The summed E-state index contributed by atoms with van der Waals surface area (Å²) in [4.78, 5) is 4.96. The highest BCUT2D eigenvalue weighted by atomic mass is 32.2. The number of allylic oxidation sites excluding steroid dienone is 1. The third-order valence-corrected chi connectivity index (χ3v) is 7.59. The zero-order valence-corrected chi connectivity index (χ0v) is 23.9. The van der Waals surface area contributed by atoms with Gasteiger partial charge in [-0.1, -0.05) is 105 Å². The molecule has 3 heterocycles. The van der Waals surface area contributed by atoms with Crippen molar-refractivity contribution in [2.24, 2.45) is 11.0 Å². The molecule has 0 saturated heterocycles. The van der Waals surface area contributed by atoms with Crippen LogP contribution < -0.4 is 0 Å². The monoisotopic (exact) mass is 540 g/mol. The minimum atomic E-state index is -0.148. The minimum Gasteiger partial charge on any atom is -0.269 e. The van der Waals surface area contributed by atoms with Gasteiger partial charge in [-0.15, -0.1) is 5.10 Å². The maximum absolute atomic E-state index is 4.97. The van der Waals surface area contributed by atoms with Crippen molar-refractivity contribution in [3.05, 3.63) is 101 Å². The molecule has 202 valence electrons. The largest absolute Gasteiger partial charge is 0.269 e. The van der Waals surface area contributed by atoms with Gasteiger partial charge in [-0.3, -0.25) is 5.01 Å². The molecule has 1 aliphatic rings. The Morgan fingerprint density at radius 2 is 1.62 bits per heavy atom. The lowest BCUT2D eigenvalue weighted by atomic mass is 9.96. The van der Waals surface area contributed by atoms with Crippen molar-refractivity contribution in [3.63, 3.8) is 0 Å². The summed E-state index contributed by atoms with van der Waals surface area (Å²) in [5.41, 5.74) is 4.49. The van der Waals surface area contributed by atoms with Crippen molar-refractivity contribution in [1.29, 1.82) is 0 Å². The quantitative estimate of drug-likeness (QED) is 0.245. The van der Waals surface area contributed by atoms with Gasteiger partial charge in [0.15, 0.2) is 11.0 Å². The third-order valence-electron chi connectivity index (χ3n) is 6.59. The van der Waals surface area contributed by atoms with Crippen molar-refractivity contribution >= 4 is 18.0 Å². The third kappa shape index (κ3) is 7.23. The van der Waals surface area contributed by atoms with Crippen LogP contribution in [0, 0.1) is 5.92 Å². The predicted octanol–water partition coefficient (Wildman–Crippen LogP) is 5.92. The molecule has 0 N–H and O–H groups in total. The van der Waals surface area contributed by atoms with Crippen molar-refractivity contribution in [1.82, 2.24) is 34.8 Å². The lowest BCUT2D eigenvalue weighted by Gasteiger charge is -2.18. The summed E-state index contributed by atoms with van der Waals surface area (Å²) in [5.74, 6) is 1.87. The Bertz CT molecular complexity index is 1420. The first kappa shape index (κ1) is 26.9. The molecule has 1 unspecified atom stereocenters. The van der Waals surface area contributed by atoms with Gasteiger partial charge in [-0.25, -0.2) is 14.3 Å². The summed E-state index contributed by atoms with van der Waals surface area (Å²) in [6, 6.07) is 20.7. The van der Waals surface area contributed by atoms with Crippen LogP contribution in [0.5, 0.6) is 0 Å². The van der Waals surface area contributed by atoms with E-state index in [2.05, 4.69) is 80.6 Å². The van der Waals surface area contributed by atoms with E-state index in [1.54, 1.807) is 11.8 Å². The standard InChI is InChI=1S/C30H36N8S/c1-23-15-16-31-36(17-24-11-7-5-8-12-24)19-26(23)20-38-29(32-28(34-38)30(2,3)4)39-22-27-21-37(35-33-27)18-25-13-9-6-10-14-25/h5-14,16,19,21,23H,15,17-18,20,22H2,1-4H3. The highest BCUT2D eigenvalue weighted by Gasteiger charge is 2.24. The van der Waals surface area contributed by atoms with Crippen LogP contribution in [-0.4, -0.2) is 41.0 Å². The summed E-state index contributed by atoms with van der Waals surface area (Å²) in [6.45, 7) is 10.8. The highest BCUT2D eigenvalue weighted by Crippen LogP contribution is 2.28. The summed E-state index contributed by atoms with van der Waals surface area (Å²) in [5, 5.41) is 21.3. The normalized spacial score (nSPS) is 15.8. The van der Waals surface area contributed by atoms with Crippen molar-refractivity contribution in [2.45, 2.75) is 70.1 Å². The number of thioether (sulfide) groups is 1. The lowest BCUT2D eigenvalue weighted by molar-refractivity contribution is 0.387. The average Bonchev–Trinajstić information content (AvgIpc) is 3.50. The van der Waals surface area contributed by atoms with E-state index in [-0.39, 0.29) is 5.41 Å². The predicted molar refractivity (Wildman–Crippen MR) is 156 cm³/mol. The Balaban J connectivity index is 1.32. The first-order chi connectivity index (χ1) is 18.8. The Morgan fingerprint density at radius 1 is 0.923 bits per heavy atom. The Hall–Kier alpha value is -3.72. The van der Waals surface area contributed by atoms with Gasteiger partial charge < -0.3 is 0 Å². The molecular formula is C30H36N8S. The van der Waals surface area contributed by atoms with Gasteiger partial charge in [0, 0.05) is 29.8 Å². The zero-order chi connectivity index (χ0) is 27.2. The molecular weight excluding hydrogens is 504 g/mol. The van der Waals surface area contributed by atoms with Crippen molar-refractivity contribution < 1.29 is 0 Å². The van der Waals surface area contributed by atoms with Gasteiger partial charge in [-0.05, 0) is 29.0 Å². The number of nitrogens with zero attached hydrogens (tertiary/aromatic N) is 8. The smallest absolute Gasteiger partial charge is 0.187 e. The summed E-state index contributed by atoms with van der Waals surface area (Å²) >= 11 is 1.66. The van der Waals surface area contributed by atoms with E-state index < -0.39 is 0 Å². The molecule has 0 aliphatic carbocycles. The van der Waals surface area contributed by atoms with Gasteiger partial charge in [0.1, 0.15) is 0 Å². The Morgan fingerprint density at radius 3 is 2.31 bits per heavy atom. The molecule has 0 spiro atoms. The number of hydrogen-bond donors (Lipinski definition) is 0. The maximum Gasteiger partial charge on any atom is 0.187 e. The number of aromatic nitrogens is 6. The van der Waals surface area contributed by atoms with E-state index in [1.165, 1.54) is 16.7 Å². The van der Waals surface area contributed by atoms with Crippen LogP contribution in [0.15, 0.2) is 88.9 Å². The summed E-state index contributed by atoms with van der Waals surface area (Å²) in [7, 11) is 0. The molecule has 5 rings (SSSR count). The van der Waals surface area contributed by atoms with Crippen LogP contribution in [0.4, 0.5) is 0 Å². The van der Waals surface area contributed by atoms with E-state index in [9.17, 15) is 0 Å². The van der Waals surface area contributed by atoms with Crippen LogP contribution in [0.2, 0.25) is 0 Å². The second kappa shape index (κ2) is 12.0. The van der Waals surface area contributed by atoms with Gasteiger partial charge in [0.2, 0.25) is 0 Å². The fraction of sp³-hybridized carbons (Fsp3) is 0.367. The topological polar surface area (TPSA) is 77.0 Å². The minimum absolute atomic E-state index is 0.148. The number of hydrazone groups is 1. The molecule has 2 aromatic carbocycles. The van der Waals surface area contributed by atoms with Crippen LogP contribution in [-0.2, 0) is 30.8 Å². The number of benzene rings is 2. The number of rotatable bonds is 9. The number of hydrogen-bond acceptors (Lipinski definition) is 7. The zero-order valence-electron chi connectivity index (χ0n) is 23.1. The van der Waals surface area contributed by atoms with Gasteiger partial charge in [0.05, 0.1) is 25.3 Å². The van der Waals surface area contributed by atoms with E-state index in [4.69, 9.17) is 15.2 Å². The average molecular weight is 541 g/mol. The van der Waals surface area contributed by atoms with E-state index in [1.807, 2.05) is 51.0 Å². The van der Waals surface area contributed by atoms with E-state index in [0.717, 1.165) is 29.6 Å². The molecule has 0 bridgehead atoms. The van der Waals surface area contributed by atoms with Crippen LogP contribution in [0.1, 0.15) is 56.8 Å². The summed E-state index contributed by atoms with van der Waals surface area (Å²) in [6.07, 6.45) is 7.11. The summed E-state index contributed by atoms with van der Waals surface area (Å²) < 4.78 is 3.93. The first-order valence-corrected chi connectivity index (χ1v) is 14.4. The molecule has 1 aliphatic heterocycles. The van der Waals surface area contributed by atoms with E-state index in [0.29, 0.717) is 24.8 Å². The molecule has 0 radical (unpaired) electrons. The Kier molecular flexibility index (Phi) is 8.26. The van der Waals surface area contributed by atoms with Crippen LogP contribution in [0.3, 0.4) is 0 Å². The SMILES string of the molecule is CC1CC=NN(Cc2ccccc2)C=C1Cn1nc(C(C)(C)C)nc1SCc1cn(Cc2ccccc2)nn1. The fourth-order valence-corrected chi connectivity index (χ4v) is 5.10. The van der Waals surface area contributed by atoms with Crippen LogP contribution >= 0.6 is 11.8 Å². The van der Waals surface area contributed by atoms with Crippen molar-refractivity contribution in [3.8, 4) is 0 Å². The molecule has 1 atom stereocenters. The highest BCUT2D eigenvalue weighted by molar-refractivity contribution is 7.98. The molecule has 2 aromatic heterocycles. The maximum atomic E-state index is 4.97. The fourth-order valence-electron chi connectivity index (χ4n) is 4.29. The molecule has 0 fully saturated rings. The molecule has 39 heavy (non-hydrogen) atoms. The van der Waals surface area contributed by atoms with Gasteiger partial charge >= 0.3 is 0 Å². The van der Waals surface area contributed by atoms with E-state index >= 15 is 0 Å². The van der Waals surface area contributed by atoms with Gasteiger partial charge in [-0.2, -0.15) is 10.2 Å².